The number of rotatable bonds is 4. The highest BCUT2D eigenvalue weighted by Crippen LogP contribution is 2.27. The van der Waals surface area contributed by atoms with Crippen molar-refractivity contribution in [2.75, 3.05) is 11.9 Å². The van der Waals surface area contributed by atoms with Gasteiger partial charge in [-0.3, -0.25) is 9.59 Å². The number of hydrogen-bond acceptors (Lipinski definition) is 5. The van der Waals surface area contributed by atoms with E-state index in [0.29, 0.717) is 18.0 Å². The average molecular weight is 293 g/mol. The molecule has 0 radical (unpaired) electrons. The normalized spacial score (nSPS) is 18.4. The number of benzene rings is 1. The first-order valence-electron chi connectivity index (χ1n) is 6.16. The highest BCUT2D eigenvalue weighted by Gasteiger charge is 2.28. The summed E-state index contributed by atoms with van der Waals surface area (Å²) in [6.45, 7) is 2.37. The highest BCUT2D eigenvalue weighted by molar-refractivity contribution is 8.15. The summed E-state index contributed by atoms with van der Waals surface area (Å²) in [7, 11) is 0. The van der Waals surface area contributed by atoms with Gasteiger partial charge >= 0.3 is 0 Å². The summed E-state index contributed by atoms with van der Waals surface area (Å²) < 4.78 is 5.43. The maximum Gasteiger partial charge on any atom is 0.249 e. The minimum absolute atomic E-state index is 0.0496. The van der Waals surface area contributed by atoms with E-state index in [4.69, 9.17) is 10.5 Å². The molecule has 1 aliphatic heterocycles. The molecule has 20 heavy (non-hydrogen) atoms. The molecule has 2 rings (SSSR count). The average Bonchev–Trinajstić information content (AvgIpc) is 2.40. The number of nitrogens with one attached hydrogen (secondary N) is 1. The third kappa shape index (κ3) is 3.51. The van der Waals surface area contributed by atoms with E-state index in [1.54, 1.807) is 18.2 Å². The second-order valence-electron chi connectivity index (χ2n) is 4.07. The minimum atomic E-state index is -0.560. The number of carbonyl (C=O) groups excluding carboxylic acids is 2. The Bertz CT molecular complexity index is 560. The van der Waals surface area contributed by atoms with Crippen LogP contribution in [0.1, 0.15) is 13.3 Å². The van der Waals surface area contributed by atoms with Gasteiger partial charge in [0.05, 0.1) is 18.7 Å². The summed E-state index contributed by atoms with van der Waals surface area (Å²) in [5.41, 5.74) is 6.09. The Morgan fingerprint density at radius 1 is 1.55 bits per heavy atom. The molecule has 6 nitrogen and oxygen atoms in total. The van der Waals surface area contributed by atoms with Crippen molar-refractivity contribution in [3.8, 4) is 5.75 Å². The molecule has 0 aliphatic carbocycles. The van der Waals surface area contributed by atoms with Gasteiger partial charge < -0.3 is 15.8 Å². The fraction of sp³-hybridized carbons (Fsp3) is 0.308. The van der Waals surface area contributed by atoms with Crippen LogP contribution >= 0.6 is 11.8 Å². The van der Waals surface area contributed by atoms with Crippen LogP contribution in [0.15, 0.2) is 29.3 Å². The van der Waals surface area contributed by atoms with Crippen molar-refractivity contribution in [3.63, 3.8) is 0 Å². The number of nitrogens with zero attached hydrogens (tertiary/aromatic N) is 1. The molecular weight excluding hydrogens is 278 g/mol. The lowest BCUT2D eigenvalue weighted by Crippen LogP contribution is -2.33. The maximum absolute atomic E-state index is 12.2. The highest BCUT2D eigenvalue weighted by atomic mass is 32.2. The van der Waals surface area contributed by atoms with E-state index in [1.807, 2.05) is 13.0 Å². The van der Waals surface area contributed by atoms with Gasteiger partial charge in [0.1, 0.15) is 11.0 Å². The lowest BCUT2D eigenvalue weighted by Gasteiger charge is -2.18. The molecule has 0 saturated heterocycles. The maximum atomic E-state index is 12.2. The van der Waals surface area contributed by atoms with Crippen LogP contribution in [-0.4, -0.2) is 28.8 Å². The Kier molecular flexibility index (Phi) is 4.62. The van der Waals surface area contributed by atoms with Crippen molar-refractivity contribution < 1.29 is 14.3 Å². The summed E-state index contributed by atoms with van der Waals surface area (Å²) in [5.74, 6) is -0.0648. The van der Waals surface area contributed by atoms with Gasteiger partial charge in [-0.25, -0.2) is 0 Å². The van der Waals surface area contributed by atoms with Crippen molar-refractivity contribution in [1.29, 1.82) is 0 Å². The van der Waals surface area contributed by atoms with Crippen LogP contribution in [0, 0.1) is 0 Å². The molecule has 0 spiro atoms. The van der Waals surface area contributed by atoms with E-state index >= 15 is 0 Å². The Morgan fingerprint density at radius 2 is 2.30 bits per heavy atom. The SMILES string of the molecule is CCOc1ccccc1NC(=O)[C@H]1CC(=O)N=C(N)S1. The van der Waals surface area contributed by atoms with Crippen molar-refractivity contribution in [2.45, 2.75) is 18.6 Å². The number of para-hydroxylation sites is 2. The lowest BCUT2D eigenvalue weighted by atomic mass is 10.2. The van der Waals surface area contributed by atoms with Gasteiger partial charge in [0.25, 0.3) is 0 Å². The molecule has 1 aliphatic rings. The molecule has 0 bridgehead atoms. The van der Waals surface area contributed by atoms with Gasteiger partial charge in [0, 0.05) is 0 Å². The number of aliphatic imine (C=N–C) groups is 1. The molecule has 3 N–H and O–H groups in total. The molecule has 1 aromatic rings. The van der Waals surface area contributed by atoms with Crippen molar-refractivity contribution in [2.24, 2.45) is 10.7 Å². The lowest BCUT2D eigenvalue weighted by molar-refractivity contribution is -0.121. The zero-order valence-corrected chi connectivity index (χ0v) is 11.8. The zero-order chi connectivity index (χ0) is 14.5. The number of nitrogens with two attached hydrogens (primary N) is 1. The van der Waals surface area contributed by atoms with E-state index in [-0.39, 0.29) is 23.4 Å². The first-order chi connectivity index (χ1) is 9.60. The van der Waals surface area contributed by atoms with Crippen LogP contribution in [0.5, 0.6) is 5.75 Å². The van der Waals surface area contributed by atoms with Crippen LogP contribution in [0.2, 0.25) is 0 Å². The molecule has 106 valence electrons. The molecule has 0 aromatic heterocycles. The van der Waals surface area contributed by atoms with Gasteiger partial charge in [0.2, 0.25) is 11.8 Å². The Labute approximate surface area is 120 Å². The third-order valence-electron chi connectivity index (χ3n) is 2.60. The topological polar surface area (TPSA) is 93.8 Å². The van der Waals surface area contributed by atoms with E-state index in [9.17, 15) is 9.59 Å². The van der Waals surface area contributed by atoms with Crippen molar-refractivity contribution >= 4 is 34.4 Å². The molecule has 1 aromatic carbocycles. The second-order valence-corrected chi connectivity index (χ2v) is 5.30. The van der Waals surface area contributed by atoms with Crippen LogP contribution in [0.25, 0.3) is 0 Å². The fourth-order valence-electron chi connectivity index (χ4n) is 1.75. The zero-order valence-electron chi connectivity index (χ0n) is 11.0. The van der Waals surface area contributed by atoms with Crippen LogP contribution in [0.3, 0.4) is 0 Å². The fourth-order valence-corrected chi connectivity index (χ4v) is 2.59. The first-order valence-corrected chi connectivity index (χ1v) is 7.04. The number of hydrogen-bond donors (Lipinski definition) is 2. The standard InChI is InChI=1S/C13H15N3O3S/c1-2-19-9-6-4-3-5-8(9)15-12(18)10-7-11(17)16-13(14)20-10/h3-6,10H,2,7H2,1H3,(H,15,18)(H2,14,16,17)/t10-/m1/s1. The van der Waals surface area contributed by atoms with Gasteiger partial charge in [-0.2, -0.15) is 4.99 Å². The largest absolute Gasteiger partial charge is 0.492 e. The van der Waals surface area contributed by atoms with E-state index in [0.717, 1.165) is 11.8 Å². The molecule has 0 saturated carbocycles. The second kappa shape index (κ2) is 6.42. The quantitative estimate of drug-likeness (QED) is 0.874. The monoisotopic (exact) mass is 293 g/mol. The molecule has 0 unspecified atom stereocenters. The van der Waals surface area contributed by atoms with Crippen molar-refractivity contribution in [1.82, 2.24) is 0 Å². The Balaban J connectivity index is 2.08. The van der Waals surface area contributed by atoms with E-state index in [1.165, 1.54) is 0 Å². The molecule has 7 heteroatoms. The van der Waals surface area contributed by atoms with Crippen molar-refractivity contribution in [3.05, 3.63) is 24.3 Å². The van der Waals surface area contributed by atoms with Gasteiger partial charge in [0.15, 0.2) is 5.17 Å². The molecular formula is C13H15N3O3S. The smallest absolute Gasteiger partial charge is 0.249 e. The first kappa shape index (κ1) is 14.4. The summed E-state index contributed by atoms with van der Waals surface area (Å²) in [6, 6.07) is 7.14. The van der Waals surface area contributed by atoms with Gasteiger partial charge in [-0.15, -0.1) is 0 Å². The Morgan fingerprint density at radius 3 is 3.00 bits per heavy atom. The number of carbonyl (C=O) groups is 2. The number of amides is 2. The minimum Gasteiger partial charge on any atom is -0.492 e. The van der Waals surface area contributed by atoms with Crippen LogP contribution in [-0.2, 0) is 9.59 Å². The van der Waals surface area contributed by atoms with Gasteiger partial charge in [-0.1, -0.05) is 23.9 Å². The predicted molar refractivity (Wildman–Crippen MR) is 78.9 cm³/mol. The molecule has 1 atom stereocenters. The third-order valence-corrected chi connectivity index (χ3v) is 3.59. The molecule has 1 heterocycles. The van der Waals surface area contributed by atoms with E-state index < -0.39 is 5.25 Å². The number of anilines is 1. The number of thioether (sulfide) groups is 1. The number of ether oxygens (including phenoxy) is 1. The summed E-state index contributed by atoms with van der Waals surface area (Å²) in [5, 5.41) is 2.32. The number of amidine groups is 1. The molecule has 0 fully saturated rings. The summed E-state index contributed by atoms with van der Waals surface area (Å²) >= 11 is 1.09. The Hall–Kier alpha value is -2.02. The predicted octanol–water partition coefficient (Wildman–Crippen LogP) is 1.37. The van der Waals surface area contributed by atoms with Crippen LogP contribution < -0.4 is 15.8 Å². The van der Waals surface area contributed by atoms with Gasteiger partial charge in [-0.05, 0) is 19.1 Å². The molecule has 2 amide bonds. The van der Waals surface area contributed by atoms with E-state index in [2.05, 4.69) is 10.3 Å². The summed E-state index contributed by atoms with van der Waals surface area (Å²) in [4.78, 5) is 27.1. The van der Waals surface area contributed by atoms with Crippen LogP contribution in [0.4, 0.5) is 5.69 Å². The summed E-state index contributed by atoms with van der Waals surface area (Å²) in [6.07, 6.45) is 0.0496.